The Morgan fingerprint density at radius 2 is 2.18 bits per heavy atom. The van der Waals surface area contributed by atoms with E-state index in [9.17, 15) is 0 Å². The van der Waals surface area contributed by atoms with Crippen LogP contribution in [0, 0.1) is 6.92 Å². The number of aromatic nitrogens is 2. The normalized spacial score (nSPS) is 11.3. The summed E-state index contributed by atoms with van der Waals surface area (Å²) in [4.78, 5) is 4.69. The van der Waals surface area contributed by atoms with E-state index < -0.39 is 0 Å². The smallest absolute Gasteiger partial charge is 0.109 e. The molecule has 4 heteroatoms. The van der Waals surface area contributed by atoms with Crippen molar-refractivity contribution in [1.82, 2.24) is 9.55 Å². The first-order valence-corrected chi connectivity index (χ1v) is 6.72. The largest absolute Gasteiger partial charge is 0.395 e. The molecule has 0 saturated heterocycles. The third kappa shape index (κ3) is 2.38. The minimum Gasteiger partial charge on any atom is -0.395 e. The number of aliphatic hydroxyl groups is 1. The number of benzene rings is 1. The first-order valence-electron chi connectivity index (χ1n) is 5.93. The number of aryl methyl sites for hydroxylation is 2. The molecule has 2 aromatic rings. The Morgan fingerprint density at radius 1 is 1.41 bits per heavy atom. The van der Waals surface area contributed by atoms with Crippen LogP contribution in [-0.4, -0.2) is 21.3 Å². The SMILES string of the molecule is CCCc1nc2c(C)cc(Br)cc2n1CCO. The van der Waals surface area contributed by atoms with Gasteiger partial charge in [-0.1, -0.05) is 22.9 Å². The van der Waals surface area contributed by atoms with Gasteiger partial charge in [0.2, 0.25) is 0 Å². The Morgan fingerprint density at radius 3 is 2.82 bits per heavy atom. The van der Waals surface area contributed by atoms with Gasteiger partial charge >= 0.3 is 0 Å². The Kier molecular flexibility index (Phi) is 3.84. The van der Waals surface area contributed by atoms with Gasteiger partial charge in [-0.15, -0.1) is 0 Å². The molecular formula is C13H17BrN2O. The Balaban J connectivity index is 2.66. The molecule has 0 radical (unpaired) electrons. The second kappa shape index (κ2) is 5.19. The van der Waals surface area contributed by atoms with Crippen LogP contribution in [0.3, 0.4) is 0 Å². The van der Waals surface area contributed by atoms with Crippen LogP contribution < -0.4 is 0 Å². The van der Waals surface area contributed by atoms with E-state index in [-0.39, 0.29) is 6.61 Å². The lowest BCUT2D eigenvalue weighted by Crippen LogP contribution is -2.06. The van der Waals surface area contributed by atoms with Gasteiger partial charge < -0.3 is 9.67 Å². The van der Waals surface area contributed by atoms with Gasteiger partial charge in [-0.2, -0.15) is 0 Å². The van der Waals surface area contributed by atoms with Crippen molar-refractivity contribution in [1.29, 1.82) is 0 Å². The van der Waals surface area contributed by atoms with E-state index in [1.165, 1.54) is 5.56 Å². The summed E-state index contributed by atoms with van der Waals surface area (Å²) in [5, 5.41) is 9.17. The van der Waals surface area contributed by atoms with Crippen LogP contribution in [-0.2, 0) is 13.0 Å². The monoisotopic (exact) mass is 296 g/mol. The van der Waals surface area contributed by atoms with E-state index in [2.05, 4.69) is 46.5 Å². The Bertz CT molecular complexity index is 534. The summed E-state index contributed by atoms with van der Waals surface area (Å²) in [7, 11) is 0. The van der Waals surface area contributed by atoms with Crippen LogP contribution in [0.1, 0.15) is 24.7 Å². The third-order valence-corrected chi connectivity index (χ3v) is 3.34. The van der Waals surface area contributed by atoms with Crippen molar-refractivity contribution in [2.75, 3.05) is 6.61 Å². The second-order valence-electron chi connectivity index (χ2n) is 4.24. The predicted octanol–water partition coefficient (Wildman–Crippen LogP) is 3.05. The first-order chi connectivity index (χ1) is 8.17. The van der Waals surface area contributed by atoms with E-state index in [1.807, 2.05) is 0 Å². The van der Waals surface area contributed by atoms with Gasteiger partial charge in [-0.25, -0.2) is 4.98 Å². The Labute approximate surface area is 110 Å². The molecule has 2 rings (SSSR count). The van der Waals surface area contributed by atoms with Gasteiger partial charge in [-0.3, -0.25) is 0 Å². The van der Waals surface area contributed by atoms with E-state index in [0.717, 1.165) is 34.2 Å². The molecule has 1 aromatic heterocycles. The number of aliphatic hydroxyl groups excluding tert-OH is 1. The van der Waals surface area contributed by atoms with Crippen molar-refractivity contribution in [3.63, 3.8) is 0 Å². The molecule has 0 unspecified atom stereocenters. The van der Waals surface area contributed by atoms with Crippen molar-refractivity contribution < 1.29 is 5.11 Å². The zero-order chi connectivity index (χ0) is 12.4. The molecule has 0 saturated carbocycles. The van der Waals surface area contributed by atoms with Crippen LogP contribution >= 0.6 is 15.9 Å². The molecular weight excluding hydrogens is 280 g/mol. The molecule has 0 aliphatic carbocycles. The molecule has 1 heterocycles. The average Bonchev–Trinajstić information content (AvgIpc) is 2.59. The lowest BCUT2D eigenvalue weighted by atomic mass is 10.2. The quantitative estimate of drug-likeness (QED) is 0.942. The maximum Gasteiger partial charge on any atom is 0.109 e. The van der Waals surface area contributed by atoms with E-state index in [1.54, 1.807) is 0 Å². The highest BCUT2D eigenvalue weighted by Gasteiger charge is 2.12. The molecule has 0 atom stereocenters. The van der Waals surface area contributed by atoms with E-state index in [0.29, 0.717) is 6.54 Å². The lowest BCUT2D eigenvalue weighted by Gasteiger charge is -2.06. The van der Waals surface area contributed by atoms with Gasteiger partial charge in [-0.05, 0) is 31.0 Å². The molecule has 17 heavy (non-hydrogen) atoms. The van der Waals surface area contributed by atoms with Gasteiger partial charge in [0.25, 0.3) is 0 Å². The fourth-order valence-electron chi connectivity index (χ4n) is 2.16. The van der Waals surface area contributed by atoms with Crippen LogP contribution in [0.15, 0.2) is 16.6 Å². The highest BCUT2D eigenvalue weighted by atomic mass is 79.9. The van der Waals surface area contributed by atoms with Gasteiger partial charge in [0, 0.05) is 17.4 Å². The molecule has 0 amide bonds. The summed E-state index contributed by atoms with van der Waals surface area (Å²) < 4.78 is 3.18. The van der Waals surface area contributed by atoms with Crippen molar-refractivity contribution in [2.24, 2.45) is 0 Å². The van der Waals surface area contributed by atoms with Crippen molar-refractivity contribution in [3.8, 4) is 0 Å². The minimum absolute atomic E-state index is 0.147. The van der Waals surface area contributed by atoms with Crippen molar-refractivity contribution >= 4 is 27.0 Å². The fraction of sp³-hybridized carbons (Fsp3) is 0.462. The number of nitrogens with zero attached hydrogens (tertiary/aromatic N) is 2. The highest BCUT2D eigenvalue weighted by Crippen LogP contribution is 2.25. The summed E-state index contributed by atoms with van der Waals surface area (Å²) in [6, 6.07) is 4.15. The predicted molar refractivity (Wildman–Crippen MR) is 73.3 cm³/mol. The van der Waals surface area contributed by atoms with Crippen LogP contribution in [0.2, 0.25) is 0 Å². The van der Waals surface area contributed by atoms with E-state index in [4.69, 9.17) is 10.1 Å². The molecule has 92 valence electrons. The molecule has 0 spiro atoms. The van der Waals surface area contributed by atoms with Gasteiger partial charge in [0.05, 0.1) is 17.6 Å². The molecule has 1 N–H and O–H groups in total. The second-order valence-corrected chi connectivity index (χ2v) is 5.16. The molecule has 0 aliphatic rings. The van der Waals surface area contributed by atoms with Crippen molar-refractivity contribution in [3.05, 3.63) is 28.0 Å². The number of imidazole rings is 1. The molecule has 0 bridgehead atoms. The third-order valence-electron chi connectivity index (χ3n) is 2.89. The summed E-state index contributed by atoms with van der Waals surface area (Å²) in [5.74, 6) is 1.07. The summed E-state index contributed by atoms with van der Waals surface area (Å²) in [5.41, 5.74) is 3.32. The van der Waals surface area contributed by atoms with Crippen molar-refractivity contribution in [2.45, 2.75) is 33.2 Å². The Hall–Kier alpha value is -0.870. The topological polar surface area (TPSA) is 38.0 Å². The number of fused-ring (bicyclic) bond motifs is 1. The fourth-order valence-corrected chi connectivity index (χ4v) is 2.72. The van der Waals surface area contributed by atoms with Crippen LogP contribution in [0.25, 0.3) is 11.0 Å². The maximum absolute atomic E-state index is 9.17. The number of rotatable bonds is 4. The van der Waals surface area contributed by atoms with Gasteiger partial charge in [0.1, 0.15) is 5.82 Å². The number of hydrogen-bond donors (Lipinski definition) is 1. The van der Waals surface area contributed by atoms with Crippen LogP contribution in [0.4, 0.5) is 0 Å². The molecule has 1 aromatic carbocycles. The van der Waals surface area contributed by atoms with E-state index >= 15 is 0 Å². The highest BCUT2D eigenvalue weighted by molar-refractivity contribution is 9.10. The maximum atomic E-state index is 9.17. The molecule has 3 nitrogen and oxygen atoms in total. The van der Waals surface area contributed by atoms with Gasteiger partial charge in [0.15, 0.2) is 0 Å². The first kappa shape index (κ1) is 12.6. The van der Waals surface area contributed by atoms with Crippen LogP contribution in [0.5, 0.6) is 0 Å². The lowest BCUT2D eigenvalue weighted by molar-refractivity contribution is 0.276. The standard InChI is InChI=1S/C13H17BrN2O/c1-3-4-12-15-13-9(2)7-10(14)8-11(13)16(12)5-6-17/h7-8,17H,3-6H2,1-2H3. The summed E-state index contributed by atoms with van der Waals surface area (Å²) in [6.45, 7) is 4.97. The minimum atomic E-state index is 0.147. The molecule has 0 aliphatic heterocycles. The molecule has 0 fully saturated rings. The summed E-state index contributed by atoms with van der Waals surface area (Å²) >= 11 is 3.51. The number of hydrogen-bond acceptors (Lipinski definition) is 2. The zero-order valence-corrected chi connectivity index (χ0v) is 11.8. The number of halogens is 1. The summed E-state index contributed by atoms with van der Waals surface area (Å²) in [6.07, 6.45) is 2.01. The average molecular weight is 297 g/mol. The zero-order valence-electron chi connectivity index (χ0n) is 10.2.